The van der Waals surface area contributed by atoms with Gasteiger partial charge in [0.25, 0.3) is 0 Å². The third-order valence-electron chi connectivity index (χ3n) is 2.20. The molecule has 4 nitrogen and oxygen atoms in total. The summed E-state index contributed by atoms with van der Waals surface area (Å²) in [4.78, 5) is 22.4. The van der Waals surface area contributed by atoms with Gasteiger partial charge in [-0.1, -0.05) is 11.6 Å². The number of carboxylic acid groups (broad SMARTS) is 1. The summed E-state index contributed by atoms with van der Waals surface area (Å²) in [5.74, 6) is -1.52. The number of thiophene rings is 1. The number of carbonyl (C=O) groups excluding carboxylic acids is 1. The highest BCUT2D eigenvalue weighted by Crippen LogP contribution is 2.33. The molecule has 0 amide bonds. The van der Waals surface area contributed by atoms with E-state index < -0.39 is 11.9 Å². The number of methoxy groups -OCH3 is 1. The topological polar surface area (TPSA) is 63.6 Å². The van der Waals surface area contributed by atoms with Gasteiger partial charge in [-0.25, -0.2) is 9.59 Å². The SMILES string of the molecule is COC(=O)c1cc(Cl)c2sc(C(=O)O)cc2c1. The lowest BCUT2D eigenvalue weighted by atomic mass is 10.1. The van der Waals surface area contributed by atoms with E-state index in [-0.39, 0.29) is 4.88 Å². The summed E-state index contributed by atoms with van der Waals surface area (Å²) in [6.45, 7) is 0. The summed E-state index contributed by atoms with van der Waals surface area (Å²) in [6, 6.07) is 4.52. The van der Waals surface area contributed by atoms with Gasteiger partial charge in [0.1, 0.15) is 4.88 Å². The fourth-order valence-corrected chi connectivity index (χ4v) is 2.68. The standard InChI is InChI=1S/C11H7ClO4S/c1-16-11(15)6-2-5-4-8(10(13)14)17-9(5)7(12)3-6/h2-4H,1H3,(H,13,14). The second-order valence-corrected chi connectivity index (χ2v) is 4.74. The molecule has 0 saturated heterocycles. The van der Waals surface area contributed by atoms with E-state index in [1.165, 1.54) is 19.2 Å². The van der Waals surface area contributed by atoms with Crippen LogP contribution in [0.5, 0.6) is 0 Å². The second-order valence-electron chi connectivity index (χ2n) is 3.28. The predicted molar refractivity (Wildman–Crippen MR) is 65.1 cm³/mol. The van der Waals surface area contributed by atoms with Crippen molar-refractivity contribution in [2.45, 2.75) is 0 Å². The molecular weight excluding hydrogens is 264 g/mol. The number of benzene rings is 1. The van der Waals surface area contributed by atoms with Gasteiger partial charge in [0, 0.05) is 0 Å². The molecule has 88 valence electrons. The first-order chi connectivity index (χ1) is 8.02. The monoisotopic (exact) mass is 270 g/mol. The number of carbonyl (C=O) groups is 2. The zero-order valence-corrected chi connectivity index (χ0v) is 10.3. The molecule has 0 bridgehead atoms. The minimum Gasteiger partial charge on any atom is -0.477 e. The fraction of sp³-hybridized carbons (Fsp3) is 0.0909. The zero-order valence-electron chi connectivity index (χ0n) is 8.69. The van der Waals surface area contributed by atoms with E-state index in [1.807, 2.05) is 0 Å². The van der Waals surface area contributed by atoms with Crippen LogP contribution < -0.4 is 0 Å². The number of rotatable bonds is 2. The maximum Gasteiger partial charge on any atom is 0.345 e. The molecule has 1 N–H and O–H groups in total. The van der Waals surface area contributed by atoms with E-state index in [0.717, 1.165) is 11.3 Å². The van der Waals surface area contributed by atoms with Gasteiger partial charge in [0.05, 0.1) is 22.4 Å². The highest BCUT2D eigenvalue weighted by atomic mass is 35.5. The number of aromatic carboxylic acids is 1. The molecular formula is C11H7ClO4S. The Bertz CT molecular complexity index is 617. The van der Waals surface area contributed by atoms with E-state index in [4.69, 9.17) is 16.7 Å². The van der Waals surface area contributed by atoms with Crippen LogP contribution in [0.2, 0.25) is 5.02 Å². The Labute approximate surface area is 105 Å². The molecule has 1 aromatic carbocycles. The van der Waals surface area contributed by atoms with Crippen LogP contribution in [0, 0.1) is 0 Å². The van der Waals surface area contributed by atoms with Crippen molar-refractivity contribution in [2.24, 2.45) is 0 Å². The first-order valence-corrected chi connectivity index (χ1v) is 5.77. The largest absolute Gasteiger partial charge is 0.477 e. The van der Waals surface area contributed by atoms with Crippen molar-refractivity contribution in [3.63, 3.8) is 0 Å². The van der Waals surface area contributed by atoms with E-state index in [2.05, 4.69) is 4.74 Å². The Morgan fingerprint density at radius 3 is 2.65 bits per heavy atom. The van der Waals surface area contributed by atoms with Crippen molar-refractivity contribution >= 4 is 45.0 Å². The van der Waals surface area contributed by atoms with Gasteiger partial charge in [-0.2, -0.15) is 0 Å². The van der Waals surface area contributed by atoms with Crippen molar-refractivity contribution in [2.75, 3.05) is 7.11 Å². The summed E-state index contributed by atoms with van der Waals surface area (Å²) >= 11 is 7.07. The lowest BCUT2D eigenvalue weighted by Gasteiger charge is -2.00. The quantitative estimate of drug-likeness (QED) is 0.852. The fourth-order valence-electron chi connectivity index (χ4n) is 1.45. The van der Waals surface area contributed by atoms with Crippen LogP contribution in [0.25, 0.3) is 10.1 Å². The molecule has 0 fully saturated rings. The molecule has 0 unspecified atom stereocenters. The van der Waals surface area contributed by atoms with E-state index in [0.29, 0.717) is 20.7 Å². The normalized spacial score (nSPS) is 10.5. The molecule has 0 spiro atoms. The van der Waals surface area contributed by atoms with Crippen molar-refractivity contribution < 1.29 is 19.4 Å². The highest BCUT2D eigenvalue weighted by molar-refractivity contribution is 7.21. The minimum absolute atomic E-state index is 0.184. The van der Waals surface area contributed by atoms with Crippen molar-refractivity contribution in [1.82, 2.24) is 0 Å². The van der Waals surface area contributed by atoms with Crippen LogP contribution in [-0.4, -0.2) is 24.2 Å². The first kappa shape index (κ1) is 11.9. The third-order valence-corrected chi connectivity index (χ3v) is 3.79. The first-order valence-electron chi connectivity index (χ1n) is 4.57. The second kappa shape index (κ2) is 4.35. The van der Waals surface area contributed by atoms with Crippen LogP contribution in [0.3, 0.4) is 0 Å². The predicted octanol–water partition coefficient (Wildman–Crippen LogP) is 3.04. The molecule has 2 aromatic rings. The molecule has 0 atom stereocenters. The molecule has 1 aromatic heterocycles. The van der Waals surface area contributed by atoms with Crippen molar-refractivity contribution in [3.8, 4) is 0 Å². The molecule has 0 aliphatic rings. The number of hydrogen-bond acceptors (Lipinski definition) is 4. The van der Waals surface area contributed by atoms with Gasteiger partial charge >= 0.3 is 11.9 Å². The Morgan fingerprint density at radius 2 is 2.06 bits per heavy atom. The molecule has 1 heterocycles. The molecule has 0 radical (unpaired) electrons. The van der Waals surface area contributed by atoms with Gasteiger partial charge in [0.15, 0.2) is 0 Å². The Balaban J connectivity index is 2.65. The molecule has 2 rings (SSSR count). The molecule has 6 heteroatoms. The summed E-state index contributed by atoms with van der Waals surface area (Å²) in [7, 11) is 1.27. The van der Waals surface area contributed by atoms with Gasteiger partial charge < -0.3 is 9.84 Å². The molecule has 0 aliphatic carbocycles. The van der Waals surface area contributed by atoms with E-state index in [1.54, 1.807) is 6.07 Å². The molecule has 17 heavy (non-hydrogen) atoms. The smallest absolute Gasteiger partial charge is 0.345 e. The maximum atomic E-state index is 11.4. The van der Waals surface area contributed by atoms with Crippen molar-refractivity contribution in [1.29, 1.82) is 0 Å². The molecule has 0 aliphatic heterocycles. The van der Waals surface area contributed by atoms with Gasteiger partial charge in [-0.05, 0) is 23.6 Å². The van der Waals surface area contributed by atoms with Crippen LogP contribution in [-0.2, 0) is 4.74 Å². The average Bonchev–Trinajstić information content (AvgIpc) is 2.72. The van der Waals surface area contributed by atoms with Gasteiger partial charge in [0.2, 0.25) is 0 Å². The lowest BCUT2D eigenvalue weighted by molar-refractivity contribution is 0.0600. The number of halogens is 1. The van der Waals surface area contributed by atoms with Crippen LogP contribution in [0.15, 0.2) is 18.2 Å². The number of carboxylic acids is 1. The van der Waals surface area contributed by atoms with Crippen LogP contribution >= 0.6 is 22.9 Å². The summed E-state index contributed by atoms with van der Waals surface area (Å²) in [5.41, 5.74) is 0.305. The van der Waals surface area contributed by atoms with E-state index >= 15 is 0 Å². The van der Waals surface area contributed by atoms with E-state index in [9.17, 15) is 9.59 Å². The lowest BCUT2D eigenvalue weighted by Crippen LogP contribution is -2.00. The van der Waals surface area contributed by atoms with Gasteiger partial charge in [-0.3, -0.25) is 0 Å². The third kappa shape index (κ3) is 2.11. The van der Waals surface area contributed by atoms with Crippen LogP contribution in [0.4, 0.5) is 0 Å². The number of hydrogen-bond donors (Lipinski definition) is 1. The van der Waals surface area contributed by atoms with Gasteiger partial charge in [-0.15, -0.1) is 11.3 Å². The Kier molecular flexibility index (Phi) is 3.04. The summed E-state index contributed by atoms with van der Waals surface area (Å²) in [5, 5.41) is 9.85. The summed E-state index contributed by atoms with van der Waals surface area (Å²) < 4.78 is 5.23. The number of ether oxygens (including phenoxy) is 1. The maximum absolute atomic E-state index is 11.4. The Morgan fingerprint density at radius 1 is 1.35 bits per heavy atom. The summed E-state index contributed by atoms with van der Waals surface area (Å²) in [6.07, 6.45) is 0. The number of esters is 1. The average molecular weight is 271 g/mol. The van der Waals surface area contributed by atoms with Crippen molar-refractivity contribution in [3.05, 3.63) is 33.7 Å². The minimum atomic E-state index is -1.01. The number of fused-ring (bicyclic) bond motifs is 1. The zero-order chi connectivity index (χ0) is 12.6. The van der Waals surface area contributed by atoms with Crippen LogP contribution in [0.1, 0.15) is 20.0 Å². The highest BCUT2D eigenvalue weighted by Gasteiger charge is 2.14. The molecule has 0 saturated carbocycles. The Hall–Kier alpha value is -1.59.